The van der Waals surface area contributed by atoms with E-state index in [1.807, 2.05) is 24.3 Å². The number of para-hydroxylation sites is 1. The van der Waals surface area contributed by atoms with Crippen LogP contribution in [0.2, 0.25) is 0 Å². The molecule has 0 unspecified atom stereocenters. The van der Waals surface area contributed by atoms with E-state index in [0.29, 0.717) is 5.75 Å². The molecule has 2 aromatic carbocycles. The molecule has 30 heavy (non-hydrogen) atoms. The molecular formula is C22H28N2O5S. The summed E-state index contributed by atoms with van der Waals surface area (Å²) in [6, 6.07) is 11.7. The Hall–Kier alpha value is -2.58. The maximum Gasteiger partial charge on any atom is 0.251 e. The summed E-state index contributed by atoms with van der Waals surface area (Å²) in [4.78, 5) is 12.7. The molecule has 0 atom stereocenters. The molecule has 0 aromatic heterocycles. The second-order valence-electron chi connectivity index (χ2n) is 7.32. The van der Waals surface area contributed by atoms with Crippen molar-refractivity contribution in [3.63, 3.8) is 0 Å². The molecule has 3 rings (SSSR count). The summed E-state index contributed by atoms with van der Waals surface area (Å²) in [7, 11) is -0.828. The lowest BCUT2D eigenvalue weighted by atomic mass is 9.96. The Morgan fingerprint density at radius 3 is 2.40 bits per heavy atom. The zero-order valence-corrected chi connectivity index (χ0v) is 18.1. The summed E-state index contributed by atoms with van der Waals surface area (Å²) in [5.41, 5.74) is 1.07. The van der Waals surface area contributed by atoms with E-state index in [1.54, 1.807) is 13.2 Å². The smallest absolute Gasteiger partial charge is 0.251 e. The van der Waals surface area contributed by atoms with Gasteiger partial charge in [0.05, 0.1) is 14.2 Å². The zero-order chi connectivity index (χ0) is 21.6. The van der Waals surface area contributed by atoms with Gasteiger partial charge in [-0.25, -0.2) is 13.1 Å². The number of hydrogen-bond acceptors (Lipinski definition) is 5. The van der Waals surface area contributed by atoms with Crippen LogP contribution in [0.4, 0.5) is 0 Å². The summed E-state index contributed by atoms with van der Waals surface area (Å²) in [5, 5.41) is 2.81. The highest BCUT2D eigenvalue weighted by Crippen LogP contribution is 2.27. The summed E-state index contributed by atoms with van der Waals surface area (Å²) in [6.45, 7) is 0.261. The fraction of sp³-hybridized carbons (Fsp3) is 0.409. The third-order valence-corrected chi connectivity index (χ3v) is 6.82. The van der Waals surface area contributed by atoms with Gasteiger partial charge in [0.1, 0.15) is 16.4 Å². The first kappa shape index (κ1) is 22.1. The minimum Gasteiger partial charge on any atom is -0.496 e. The predicted octanol–water partition coefficient (Wildman–Crippen LogP) is 3.24. The molecule has 162 valence electrons. The molecule has 7 nitrogen and oxygen atoms in total. The van der Waals surface area contributed by atoms with Crippen LogP contribution in [0.25, 0.3) is 0 Å². The lowest BCUT2D eigenvalue weighted by Crippen LogP contribution is -2.36. The van der Waals surface area contributed by atoms with E-state index in [-0.39, 0.29) is 34.7 Å². The number of hydrogen-bond donors (Lipinski definition) is 2. The minimum atomic E-state index is -3.81. The second kappa shape index (κ2) is 9.95. The Kier molecular flexibility index (Phi) is 7.33. The van der Waals surface area contributed by atoms with Crippen LogP contribution < -0.4 is 19.5 Å². The molecule has 1 fully saturated rings. The van der Waals surface area contributed by atoms with Crippen molar-refractivity contribution in [3.8, 4) is 11.5 Å². The van der Waals surface area contributed by atoms with Crippen LogP contribution in [-0.4, -0.2) is 34.6 Å². The maximum absolute atomic E-state index is 13.0. The molecule has 1 saturated carbocycles. The number of methoxy groups -OCH3 is 2. The minimum absolute atomic E-state index is 0.0273. The first-order valence-corrected chi connectivity index (χ1v) is 11.5. The molecule has 1 aliphatic rings. The van der Waals surface area contributed by atoms with Crippen molar-refractivity contribution < 1.29 is 22.7 Å². The van der Waals surface area contributed by atoms with Gasteiger partial charge < -0.3 is 14.8 Å². The van der Waals surface area contributed by atoms with Gasteiger partial charge in [0.25, 0.3) is 5.91 Å². The van der Waals surface area contributed by atoms with Crippen LogP contribution in [-0.2, 0) is 16.6 Å². The van der Waals surface area contributed by atoms with Gasteiger partial charge in [-0.15, -0.1) is 0 Å². The van der Waals surface area contributed by atoms with Gasteiger partial charge in [0.2, 0.25) is 10.0 Å². The van der Waals surface area contributed by atoms with E-state index in [0.717, 1.165) is 37.7 Å². The van der Waals surface area contributed by atoms with Crippen molar-refractivity contribution in [3.05, 3.63) is 53.6 Å². The van der Waals surface area contributed by atoms with Gasteiger partial charge in [-0.1, -0.05) is 37.5 Å². The highest BCUT2D eigenvalue weighted by atomic mass is 32.2. The van der Waals surface area contributed by atoms with E-state index < -0.39 is 10.0 Å². The van der Waals surface area contributed by atoms with Gasteiger partial charge in [-0.2, -0.15) is 0 Å². The number of sulfonamides is 1. The summed E-state index contributed by atoms with van der Waals surface area (Å²) in [6.07, 6.45) is 4.79. The molecule has 2 aromatic rings. The van der Waals surface area contributed by atoms with Crippen molar-refractivity contribution in [2.45, 2.75) is 49.6 Å². The van der Waals surface area contributed by atoms with Gasteiger partial charge in [-0.3, -0.25) is 4.79 Å². The van der Waals surface area contributed by atoms with Gasteiger partial charge in [-0.05, 0) is 37.1 Å². The molecular weight excluding hydrogens is 404 g/mol. The van der Waals surface area contributed by atoms with Crippen molar-refractivity contribution in [1.29, 1.82) is 0 Å². The third-order valence-electron chi connectivity index (χ3n) is 5.27. The Morgan fingerprint density at radius 1 is 1.00 bits per heavy atom. The molecule has 0 bridgehead atoms. The maximum atomic E-state index is 13.0. The summed E-state index contributed by atoms with van der Waals surface area (Å²) in [5.74, 6) is 0.504. The first-order chi connectivity index (χ1) is 14.4. The topological polar surface area (TPSA) is 93.7 Å². The highest BCUT2D eigenvalue weighted by Gasteiger charge is 2.26. The first-order valence-electron chi connectivity index (χ1n) is 10.0. The van der Waals surface area contributed by atoms with E-state index in [4.69, 9.17) is 9.47 Å². The van der Waals surface area contributed by atoms with Gasteiger partial charge in [0.15, 0.2) is 0 Å². The average Bonchev–Trinajstić information content (AvgIpc) is 2.77. The van der Waals surface area contributed by atoms with Crippen molar-refractivity contribution in [2.75, 3.05) is 14.2 Å². The second-order valence-corrected chi connectivity index (χ2v) is 9.00. The lowest BCUT2D eigenvalue weighted by molar-refractivity contribution is 0.0950. The Morgan fingerprint density at radius 2 is 1.70 bits per heavy atom. The predicted molar refractivity (Wildman–Crippen MR) is 114 cm³/mol. The fourth-order valence-corrected chi connectivity index (χ4v) is 5.16. The molecule has 1 amide bonds. The third kappa shape index (κ3) is 5.31. The van der Waals surface area contributed by atoms with E-state index in [2.05, 4.69) is 10.0 Å². The van der Waals surface area contributed by atoms with Crippen LogP contribution in [0.5, 0.6) is 11.5 Å². The fourth-order valence-electron chi connectivity index (χ4n) is 3.66. The molecule has 0 spiro atoms. The van der Waals surface area contributed by atoms with Gasteiger partial charge in [0, 0.05) is 23.7 Å². The number of rotatable bonds is 8. The molecule has 1 aliphatic carbocycles. The van der Waals surface area contributed by atoms with Crippen LogP contribution in [0.3, 0.4) is 0 Å². The van der Waals surface area contributed by atoms with E-state index >= 15 is 0 Å². The van der Waals surface area contributed by atoms with E-state index in [9.17, 15) is 13.2 Å². The Balaban J connectivity index is 1.78. The Bertz CT molecular complexity index is 985. The Labute approximate surface area is 177 Å². The lowest BCUT2D eigenvalue weighted by Gasteiger charge is -2.23. The standard InChI is InChI=1S/C22H28N2O5S/c1-28-19-11-7-6-8-17(19)15-23-22(25)16-12-13-20(29-2)21(14-16)30(26,27)24-18-9-4-3-5-10-18/h6-8,11-14,18,24H,3-5,9-10,15H2,1-2H3,(H,23,25). The molecule has 2 N–H and O–H groups in total. The van der Waals surface area contributed by atoms with Crippen LogP contribution in [0.1, 0.15) is 48.0 Å². The SMILES string of the molecule is COc1ccccc1CNC(=O)c1ccc(OC)c(S(=O)(=O)NC2CCCCC2)c1. The number of amides is 1. The zero-order valence-electron chi connectivity index (χ0n) is 17.3. The number of carbonyl (C=O) groups is 1. The average molecular weight is 433 g/mol. The quantitative estimate of drug-likeness (QED) is 0.668. The van der Waals surface area contributed by atoms with Gasteiger partial charge >= 0.3 is 0 Å². The van der Waals surface area contributed by atoms with Crippen LogP contribution >= 0.6 is 0 Å². The molecule has 8 heteroatoms. The molecule has 0 heterocycles. The highest BCUT2D eigenvalue weighted by molar-refractivity contribution is 7.89. The number of carbonyl (C=O) groups excluding carboxylic acids is 1. The number of benzene rings is 2. The summed E-state index contributed by atoms with van der Waals surface area (Å²) < 4.78 is 39.3. The van der Waals surface area contributed by atoms with Crippen LogP contribution in [0, 0.1) is 0 Å². The van der Waals surface area contributed by atoms with E-state index in [1.165, 1.54) is 19.2 Å². The largest absolute Gasteiger partial charge is 0.496 e. The molecule has 0 saturated heterocycles. The van der Waals surface area contributed by atoms with Crippen LogP contribution in [0.15, 0.2) is 47.4 Å². The van der Waals surface area contributed by atoms with Crippen molar-refractivity contribution >= 4 is 15.9 Å². The summed E-state index contributed by atoms with van der Waals surface area (Å²) >= 11 is 0. The normalized spacial score (nSPS) is 14.9. The van der Waals surface area contributed by atoms with Crippen molar-refractivity contribution in [1.82, 2.24) is 10.0 Å². The molecule has 0 aliphatic heterocycles. The number of ether oxygens (including phenoxy) is 2. The van der Waals surface area contributed by atoms with Crippen molar-refractivity contribution in [2.24, 2.45) is 0 Å². The number of nitrogens with one attached hydrogen (secondary N) is 2. The molecule has 0 radical (unpaired) electrons. The monoisotopic (exact) mass is 432 g/mol.